The number of halogens is 2. The van der Waals surface area contributed by atoms with E-state index >= 15 is 0 Å². The van der Waals surface area contributed by atoms with E-state index in [2.05, 4.69) is 9.99 Å². The summed E-state index contributed by atoms with van der Waals surface area (Å²) in [6.45, 7) is 0.915. The Labute approximate surface area is 119 Å². The lowest BCUT2D eigenvalue weighted by molar-refractivity contribution is -0.387. The number of amides is 1. The first-order chi connectivity index (χ1) is 10.2. The van der Waals surface area contributed by atoms with Gasteiger partial charge in [-0.2, -0.15) is 4.39 Å². The lowest BCUT2D eigenvalue weighted by Crippen LogP contribution is -2.37. The van der Waals surface area contributed by atoms with E-state index in [0.29, 0.717) is 6.07 Å². The van der Waals surface area contributed by atoms with Crippen molar-refractivity contribution in [3.8, 4) is 0 Å². The fourth-order valence-electron chi connectivity index (χ4n) is 1.72. The molecule has 114 valence electrons. The molecule has 11 heteroatoms. The van der Waals surface area contributed by atoms with Crippen LogP contribution in [0.5, 0.6) is 0 Å². The van der Waals surface area contributed by atoms with Crippen molar-refractivity contribution < 1.29 is 32.9 Å². The number of Topliss-reactive ketones (excluding diaryl/α,β-unsaturated/α-hetero) is 1. The smallest absolute Gasteiger partial charge is 0.318 e. The van der Waals surface area contributed by atoms with Crippen molar-refractivity contribution >= 4 is 34.7 Å². The molecule has 0 fully saturated rings. The highest BCUT2D eigenvalue weighted by molar-refractivity contribution is 6.72. The van der Waals surface area contributed by atoms with Crippen LogP contribution in [-0.4, -0.2) is 28.3 Å². The Balaban J connectivity index is 2.81. The zero-order valence-corrected chi connectivity index (χ0v) is 10.7. The molecule has 0 aliphatic carbocycles. The summed E-state index contributed by atoms with van der Waals surface area (Å²) in [5.74, 6) is -7.13. The van der Waals surface area contributed by atoms with E-state index in [1.165, 1.54) is 0 Å². The van der Waals surface area contributed by atoms with Gasteiger partial charge in [-0.05, 0) is 0 Å². The van der Waals surface area contributed by atoms with E-state index in [0.717, 1.165) is 6.92 Å². The van der Waals surface area contributed by atoms with Gasteiger partial charge in [0.15, 0.2) is 11.5 Å². The predicted octanol–water partition coefficient (Wildman–Crippen LogP) is 0.661. The van der Waals surface area contributed by atoms with Gasteiger partial charge in [-0.1, -0.05) is 5.16 Å². The third-order valence-corrected chi connectivity index (χ3v) is 2.55. The van der Waals surface area contributed by atoms with Crippen molar-refractivity contribution in [3.05, 3.63) is 33.4 Å². The number of nitrogens with zero attached hydrogens (tertiary/aromatic N) is 2. The number of hydrogen-bond acceptors (Lipinski definition) is 7. The van der Waals surface area contributed by atoms with Crippen LogP contribution >= 0.6 is 0 Å². The standard InChI is InChI=1S/C11H5F2N3O6/c1-3(17)22-15-8-6-5(14-11(19)10(8)18)2-4(12)7(13)9(6)16(20)21/h2H,1H3,(H,14,19). The number of benzene rings is 1. The average molecular weight is 313 g/mol. The first kappa shape index (κ1) is 15.2. The van der Waals surface area contributed by atoms with Gasteiger partial charge < -0.3 is 10.2 Å². The maximum Gasteiger partial charge on any atom is 0.332 e. The van der Waals surface area contributed by atoms with Gasteiger partial charge in [-0.3, -0.25) is 19.7 Å². The number of carbonyl (C=O) groups is 3. The number of anilines is 1. The maximum absolute atomic E-state index is 13.6. The fraction of sp³-hybridized carbons (Fsp3) is 0.0909. The van der Waals surface area contributed by atoms with Crippen molar-refractivity contribution in [1.29, 1.82) is 0 Å². The highest BCUT2D eigenvalue weighted by Gasteiger charge is 2.40. The summed E-state index contributed by atoms with van der Waals surface area (Å²) in [7, 11) is 0. The van der Waals surface area contributed by atoms with Crippen LogP contribution in [0, 0.1) is 21.7 Å². The molecule has 0 spiro atoms. The molecule has 2 rings (SSSR count). The van der Waals surface area contributed by atoms with Crippen LogP contribution in [0.2, 0.25) is 0 Å². The van der Waals surface area contributed by atoms with Crippen molar-refractivity contribution in [1.82, 2.24) is 0 Å². The van der Waals surface area contributed by atoms with Crippen LogP contribution in [0.3, 0.4) is 0 Å². The first-order valence-electron chi connectivity index (χ1n) is 5.52. The van der Waals surface area contributed by atoms with Gasteiger partial charge in [0.2, 0.25) is 5.82 Å². The molecule has 0 radical (unpaired) electrons. The molecule has 0 aromatic heterocycles. The quantitative estimate of drug-likeness (QED) is 0.370. The molecule has 9 nitrogen and oxygen atoms in total. The summed E-state index contributed by atoms with van der Waals surface area (Å²) in [5.41, 5.74) is -3.70. The fourth-order valence-corrected chi connectivity index (χ4v) is 1.72. The topological polar surface area (TPSA) is 128 Å². The number of ketones is 1. The van der Waals surface area contributed by atoms with E-state index in [1.54, 1.807) is 0 Å². The molecule has 1 N–H and O–H groups in total. The molecule has 1 aromatic carbocycles. The number of hydrogen-bond donors (Lipinski definition) is 1. The summed E-state index contributed by atoms with van der Waals surface area (Å²) < 4.78 is 27.0. The molecular weight excluding hydrogens is 308 g/mol. The van der Waals surface area contributed by atoms with Gasteiger partial charge in [0.05, 0.1) is 10.6 Å². The molecule has 1 aromatic rings. The monoisotopic (exact) mass is 313 g/mol. The number of nitro benzene ring substituents is 1. The van der Waals surface area contributed by atoms with Gasteiger partial charge in [-0.25, -0.2) is 9.18 Å². The molecule has 22 heavy (non-hydrogen) atoms. The predicted molar refractivity (Wildman–Crippen MR) is 65.0 cm³/mol. The Bertz CT molecular complexity index is 774. The third-order valence-electron chi connectivity index (χ3n) is 2.55. The molecule has 1 aliphatic heterocycles. The Morgan fingerprint density at radius 1 is 1.41 bits per heavy atom. The molecule has 0 saturated carbocycles. The Morgan fingerprint density at radius 2 is 2.05 bits per heavy atom. The van der Waals surface area contributed by atoms with Crippen LogP contribution in [-0.2, 0) is 19.2 Å². The summed E-state index contributed by atoms with van der Waals surface area (Å²) in [6, 6.07) is 0.450. The summed E-state index contributed by atoms with van der Waals surface area (Å²) >= 11 is 0. The van der Waals surface area contributed by atoms with Crippen molar-refractivity contribution in [2.75, 3.05) is 5.32 Å². The van der Waals surface area contributed by atoms with E-state index < -0.39 is 56.9 Å². The van der Waals surface area contributed by atoms with E-state index in [-0.39, 0.29) is 0 Å². The minimum absolute atomic E-state index is 0.450. The van der Waals surface area contributed by atoms with Crippen LogP contribution in [0.1, 0.15) is 12.5 Å². The maximum atomic E-state index is 13.6. The average Bonchev–Trinajstić information content (AvgIpc) is 2.41. The molecule has 0 bridgehead atoms. The number of carbonyl (C=O) groups excluding carboxylic acids is 3. The Morgan fingerprint density at radius 3 is 2.59 bits per heavy atom. The largest absolute Gasteiger partial charge is 0.332 e. The van der Waals surface area contributed by atoms with Crippen LogP contribution < -0.4 is 5.32 Å². The highest BCUT2D eigenvalue weighted by atomic mass is 19.2. The molecular formula is C11H5F2N3O6. The first-order valence-corrected chi connectivity index (χ1v) is 5.52. The minimum Gasteiger partial charge on any atom is -0.318 e. The number of fused-ring (bicyclic) bond motifs is 1. The number of nitrogens with one attached hydrogen (secondary N) is 1. The van der Waals surface area contributed by atoms with Crippen molar-refractivity contribution in [3.63, 3.8) is 0 Å². The van der Waals surface area contributed by atoms with Gasteiger partial charge >= 0.3 is 11.7 Å². The van der Waals surface area contributed by atoms with Gasteiger partial charge in [0, 0.05) is 13.0 Å². The minimum atomic E-state index is -1.84. The molecule has 1 heterocycles. The molecule has 1 aliphatic rings. The molecule has 0 saturated heterocycles. The van der Waals surface area contributed by atoms with Crippen molar-refractivity contribution in [2.45, 2.75) is 6.92 Å². The van der Waals surface area contributed by atoms with Gasteiger partial charge in [0.25, 0.3) is 11.7 Å². The second-order valence-corrected chi connectivity index (χ2v) is 4.01. The van der Waals surface area contributed by atoms with Crippen LogP contribution in [0.4, 0.5) is 20.2 Å². The molecule has 1 amide bonds. The SMILES string of the molecule is CC(=O)ON=C1C(=O)C(=O)Nc2cc(F)c(F)c([N+](=O)[O-])c21. The lowest BCUT2D eigenvalue weighted by atomic mass is 9.97. The Kier molecular flexibility index (Phi) is 3.63. The number of rotatable bonds is 2. The van der Waals surface area contributed by atoms with Crippen molar-refractivity contribution in [2.24, 2.45) is 5.16 Å². The summed E-state index contributed by atoms with van der Waals surface area (Å²) in [4.78, 5) is 47.7. The summed E-state index contributed by atoms with van der Waals surface area (Å²) in [5, 5.41) is 15.8. The van der Waals surface area contributed by atoms with Gasteiger partial charge in [0.1, 0.15) is 5.56 Å². The normalized spacial score (nSPS) is 15.3. The van der Waals surface area contributed by atoms with E-state index in [4.69, 9.17) is 0 Å². The zero-order valence-electron chi connectivity index (χ0n) is 10.7. The second kappa shape index (κ2) is 5.27. The lowest BCUT2D eigenvalue weighted by Gasteiger charge is -2.17. The third kappa shape index (κ3) is 2.39. The summed E-state index contributed by atoms with van der Waals surface area (Å²) in [6.07, 6.45) is 0. The molecule has 0 atom stereocenters. The molecule has 0 unspecified atom stereocenters. The van der Waals surface area contributed by atoms with Crippen LogP contribution in [0.25, 0.3) is 0 Å². The second-order valence-electron chi connectivity index (χ2n) is 4.01. The number of nitro groups is 1. The highest BCUT2D eigenvalue weighted by Crippen LogP contribution is 2.34. The Hall–Kier alpha value is -3.24. The van der Waals surface area contributed by atoms with E-state index in [1.807, 2.05) is 5.32 Å². The van der Waals surface area contributed by atoms with Gasteiger partial charge in [-0.15, -0.1) is 0 Å². The zero-order chi connectivity index (χ0) is 16.6. The number of oxime groups is 1. The van der Waals surface area contributed by atoms with Crippen LogP contribution in [0.15, 0.2) is 11.2 Å². The van der Waals surface area contributed by atoms with E-state index in [9.17, 15) is 33.3 Å².